The summed E-state index contributed by atoms with van der Waals surface area (Å²) in [6.07, 6.45) is 6.22. The summed E-state index contributed by atoms with van der Waals surface area (Å²) in [4.78, 5) is 45.4. The lowest BCUT2D eigenvalue weighted by Crippen LogP contribution is -2.57. The molecular formula is C38H42F3N7O5. The Hall–Kier alpha value is -4.79. The van der Waals surface area contributed by atoms with E-state index < -0.39 is 34.8 Å². The summed E-state index contributed by atoms with van der Waals surface area (Å²) in [5, 5.41) is 13.5. The van der Waals surface area contributed by atoms with Gasteiger partial charge in [0.15, 0.2) is 11.5 Å². The van der Waals surface area contributed by atoms with Gasteiger partial charge in [0.2, 0.25) is 5.95 Å². The van der Waals surface area contributed by atoms with Gasteiger partial charge in [-0.2, -0.15) is 13.2 Å². The topological polar surface area (TPSA) is 145 Å². The molecule has 4 unspecified atom stereocenters. The maximum absolute atomic E-state index is 14.7. The maximum atomic E-state index is 14.7. The van der Waals surface area contributed by atoms with Crippen molar-refractivity contribution < 1.29 is 37.3 Å². The number of amides is 1. The Balaban J connectivity index is 1.10. The third kappa shape index (κ3) is 6.79. The van der Waals surface area contributed by atoms with Crippen molar-refractivity contribution in [3.05, 3.63) is 60.3 Å². The van der Waals surface area contributed by atoms with Crippen LogP contribution < -0.4 is 15.0 Å². The van der Waals surface area contributed by atoms with Gasteiger partial charge in [0, 0.05) is 87.0 Å². The highest BCUT2D eigenvalue weighted by Crippen LogP contribution is 2.51. The van der Waals surface area contributed by atoms with Crippen LogP contribution in [0.4, 0.5) is 19.1 Å². The van der Waals surface area contributed by atoms with Crippen molar-refractivity contribution in [2.75, 3.05) is 31.2 Å². The van der Waals surface area contributed by atoms with Gasteiger partial charge in [-0.25, -0.2) is 24.7 Å². The number of anilines is 1. The standard InChI is InChI=1S/C38H42F3N7O5/c1-22-15-23-17-24(16-22)37(19-23,35(50)51)46-34(49)29-20-44-33(45-32(29)38(39,40)41)30-21-48(25-7-13-52-14-8-25)31-18-27(3-4-28(30)31)53-26-5-11-47(12-6-26)36-42-9-2-10-43-36/h2-4,9-10,18,20-26H,5-8,11-17,19H2,1H3,(H,46,49)(H,50,51). The van der Waals surface area contributed by atoms with E-state index >= 15 is 0 Å². The lowest BCUT2D eigenvalue weighted by Gasteiger charge is -2.33. The van der Waals surface area contributed by atoms with Crippen LogP contribution in [0.25, 0.3) is 22.3 Å². The number of rotatable bonds is 8. The second kappa shape index (κ2) is 13.9. The minimum absolute atomic E-state index is 0.0252. The molecule has 2 saturated heterocycles. The Labute approximate surface area is 304 Å². The number of nitrogens with zero attached hydrogens (tertiary/aromatic N) is 6. The van der Waals surface area contributed by atoms with Crippen LogP contribution in [-0.4, -0.2) is 79.4 Å². The first-order chi connectivity index (χ1) is 25.5. The number of fused-ring (bicyclic) bond motifs is 3. The molecule has 1 amide bonds. The highest BCUT2D eigenvalue weighted by molar-refractivity contribution is 6.00. The summed E-state index contributed by atoms with van der Waals surface area (Å²) in [6.45, 7) is 4.62. The van der Waals surface area contributed by atoms with Crippen molar-refractivity contribution in [2.24, 2.45) is 17.8 Å². The molecule has 2 aliphatic heterocycles. The summed E-state index contributed by atoms with van der Waals surface area (Å²) in [7, 11) is 0. The van der Waals surface area contributed by atoms with Gasteiger partial charge in [-0.1, -0.05) is 6.92 Å². The van der Waals surface area contributed by atoms with E-state index in [9.17, 15) is 27.9 Å². The van der Waals surface area contributed by atoms with Crippen molar-refractivity contribution in [3.63, 3.8) is 0 Å². The molecule has 53 heavy (non-hydrogen) atoms. The Morgan fingerprint density at radius 2 is 1.79 bits per heavy atom. The maximum Gasteiger partial charge on any atom is 0.434 e. The number of nitrogens with one attached hydrogen (secondary N) is 1. The number of carbonyl (C=O) groups excluding carboxylic acids is 1. The van der Waals surface area contributed by atoms with Crippen molar-refractivity contribution in [1.29, 1.82) is 0 Å². The zero-order valence-electron chi connectivity index (χ0n) is 29.4. The van der Waals surface area contributed by atoms with Crippen molar-refractivity contribution in [2.45, 2.75) is 82.2 Å². The summed E-state index contributed by atoms with van der Waals surface area (Å²) < 4.78 is 58.2. The fourth-order valence-electron chi connectivity index (χ4n) is 9.14. The first kappa shape index (κ1) is 35.3. The minimum Gasteiger partial charge on any atom is -0.490 e. The molecule has 4 fully saturated rings. The Bertz CT molecular complexity index is 2000. The smallest absolute Gasteiger partial charge is 0.434 e. The molecule has 5 heterocycles. The van der Waals surface area contributed by atoms with Gasteiger partial charge in [0.05, 0.1) is 11.1 Å². The van der Waals surface area contributed by atoms with Gasteiger partial charge in [-0.3, -0.25) is 4.79 Å². The largest absolute Gasteiger partial charge is 0.490 e. The summed E-state index contributed by atoms with van der Waals surface area (Å²) >= 11 is 0. The number of aliphatic carboxylic acids is 1. The van der Waals surface area contributed by atoms with Gasteiger partial charge in [-0.15, -0.1) is 0 Å². The second-order valence-corrected chi connectivity index (χ2v) is 15.1. The molecule has 2 saturated carbocycles. The number of hydrogen-bond donors (Lipinski definition) is 2. The number of carbonyl (C=O) groups is 2. The van der Waals surface area contributed by atoms with Crippen LogP contribution in [0.5, 0.6) is 5.75 Å². The highest BCUT2D eigenvalue weighted by atomic mass is 19.4. The number of ether oxygens (including phenoxy) is 2. The predicted octanol–water partition coefficient (Wildman–Crippen LogP) is 6.32. The molecule has 2 N–H and O–H groups in total. The SMILES string of the molecule is CC1CC2CC(C1)C(NC(=O)c1cnc(-c3cn(C4CCOCC4)c4cc(OC5CCN(c6ncccn6)CC5)ccc34)nc1C(F)(F)F)(C(=O)O)C2. The normalized spacial score (nSPS) is 25.4. The number of halogens is 3. The number of piperidine rings is 1. The fourth-order valence-corrected chi connectivity index (χ4v) is 9.14. The van der Waals surface area contributed by atoms with Crippen LogP contribution in [0.1, 0.15) is 80.4 Å². The Morgan fingerprint density at radius 3 is 2.51 bits per heavy atom. The average molecular weight is 734 g/mol. The predicted molar refractivity (Wildman–Crippen MR) is 187 cm³/mol. The number of benzene rings is 1. The molecule has 2 aliphatic carbocycles. The van der Waals surface area contributed by atoms with Crippen LogP contribution in [0.3, 0.4) is 0 Å². The monoisotopic (exact) mass is 733 g/mol. The van der Waals surface area contributed by atoms with Crippen LogP contribution in [0, 0.1) is 17.8 Å². The zero-order chi connectivity index (χ0) is 36.9. The molecule has 12 nitrogen and oxygen atoms in total. The lowest BCUT2D eigenvalue weighted by atomic mass is 9.78. The first-order valence-electron chi connectivity index (χ1n) is 18.4. The number of carboxylic acids is 1. The van der Waals surface area contributed by atoms with Gasteiger partial charge >= 0.3 is 12.1 Å². The van der Waals surface area contributed by atoms with Gasteiger partial charge < -0.3 is 29.4 Å². The van der Waals surface area contributed by atoms with E-state index in [0.29, 0.717) is 61.5 Å². The van der Waals surface area contributed by atoms with E-state index in [4.69, 9.17) is 9.47 Å². The van der Waals surface area contributed by atoms with Crippen LogP contribution >= 0.6 is 0 Å². The van der Waals surface area contributed by atoms with E-state index in [1.54, 1.807) is 24.7 Å². The number of hydrogen-bond acceptors (Lipinski definition) is 9. The fraction of sp³-hybridized carbons (Fsp3) is 0.526. The third-order valence-corrected chi connectivity index (χ3v) is 11.6. The molecule has 4 atom stereocenters. The van der Waals surface area contributed by atoms with Gasteiger partial charge in [0.25, 0.3) is 5.91 Å². The van der Waals surface area contributed by atoms with Crippen LogP contribution in [0.15, 0.2) is 49.1 Å². The molecule has 0 spiro atoms. The van der Waals surface area contributed by atoms with Gasteiger partial charge in [-0.05, 0) is 74.5 Å². The van der Waals surface area contributed by atoms with Gasteiger partial charge in [0.1, 0.15) is 17.4 Å². The molecule has 3 aromatic heterocycles. The molecule has 8 rings (SSSR count). The third-order valence-electron chi connectivity index (χ3n) is 11.6. The molecule has 0 radical (unpaired) electrons. The number of alkyl halides is 3. The van der Waals surface area contributed by atoms with E-state index in [2.05, 4.69) is 30.2 Å². The number of aromatic nitrogens is 5. The molecule has 2 bridgehead atoms. The van der Waals surface area contributed by atoms with Crippen LogP contribution in [-0.2, 0) is 15.7 Å². The molecular weight excluding hydrogens is 691 g/mol. The Kier molecular flexibility index (Phi) is 9.23. The van der Waals surface area contributed by atoms with E-state index in [1.807, 2.05) is 29.7 Å². The molecule has 280 valence electrons. The Morgan fingerprint density at radius 1 is 1.04 bits per heavy atom. The van der Waals surface area contributed by atoms with E-state index in [1.165, 1.54) is 0 Å². The zero-order valence-corrected chi connectivity index (χ0v) is 29.4. The quantitative estimate of drug-likeness (QED) is 0.211. The summed E-state index contributed by atoms with van der Waals surface area (Å²) in [5.41, 5.74) is -2.70. The van der Waals surface area contributed by atoms with Crippen molar-refractivity contribution in [1.82, 2.24) is 29.8 Å². The summed E-state index contributed by atoms with van der Waals surface area (Å²) in [5.74, 6) is -1.23. The molecule has 15 heteroatoms. The van der Waals surface area contributed by atoms with Crippen molar-refractivity contribution in [3.8, 4) is 17.1 Å². The molecule has 4 aromatic rings. The molecule has 1 aromatic carbocycles. The summed E-state index contributed by atoms with van der Waals surface area (Å²) in [6, 6.07) is 7.35. The minimum atomic E-state index is -5.01. The molecule has 4 aliphatic rings. The highest BCUT2D eigenvalue weighted by Gasteiger charge is 2.56. The van der Waals surface area contributed by atoms with E-state index in [0.717, 1.165) is 44.1 Å². The average Bonchev–Trinajstić information content (AvgIpc) is 3.66. The van der Waals surface area contributed by atoms with Crippen molar-refractivity contribution >= 4 is 28.7 Å². The van der Waals surface area contributed by atoms with Crippen LogP contribution in [0.2, 0.25) is 0 Å². The first-order valence-corrected chi connectivity index (χ1v) is 18.4. The number of carboxylic acid groups (broad SMARTS) is 1. The van der Waals surface area contributed by atoms with E-state index in [-0.39, 0.29) is 42.1 Å². The second-order valence-electron chi connectivity index (χ2n) is 15.1. The lowest BCUT2D eigenvalue weighted by molar-refractivity contribution is -0.146.